The average molecular weight is 303 g/mol. The quantitative estimate of drug-likeness (QED) is 0.718. The molecule has 5 heteroatoms. The minimum absolute atomic E-state index is 0.0788. The molecule has 0 aliphatic heterocycles. The lowest BCUT2D eigenvalue weighted by Gasteiger charge is -2.10. The fourth-order valence-corrected chi connectivity index (χ4v) is 2.90. The number of amides is 1. The Kier molecular flexibility index (Phi) is 5.22. The lowest BCUT2D eigenvalue weighted by molar-refractivity contribution is 0.0956. The first-order valence-corrected chi connectivity index (χ1v) is 7.94. The third kappa shape index (κ3) is 3.98. The van der Waals surface area contributed by atoms with Crippen LogP contribution in [0.3, 0.4) is 0 Å². The molecule has 112 valence electrons. The molecule has 0 unspecified atom stereocenters. The van der Waals surface area contributed by atoms with Crippen LogP contribution in [0.15, 0.2) is 30.3 Å². The van der Waals surface area contributed by atoms with Gasteiger partial charge in [-0.05, 0) is 43.7 Å². The van der Waals surface area contributed by atoms with Crippen molar-refractivity contribution in [2.45, 2.75) is 26.8 Å². The van der Waals surface area contributed by atoms with E-state index >= 15 is 0 Å². The van der Waals surface area contributed by atoms with Crippen molar-refractivity contribution in [3.63, 3.8) is 0 Å². The van der Waals surface area contributed by atoms with Crippen molar-refractivity contribution in [1.29, 1.82) is 0 Å². The first-order chi connectivity index (χ1) is 10.1. The number of benzene rings is 1. The van der Waals surface area contributed by atoms with E-state index < -0.39 is 0 Å². The van der Waals surface area contributed by atoms with Crippen LogP contribution in [0.25, 0.3) is 0 Å². The van der Waals surface area contributed by atoms with E-state index in [-0.39, 0.29) is 5.91 Å². The van der Waals surface area contributed by atoms with Crippen LogP contribution in [0.5, 0.6) is 0 Å². The zero-order valence-electron chi connectivity index (χ0n) is 12.4. The van der Waals surface area contributed by atoms with Crippen LogP contribution in [0.4, 0.5) is 11.4 Å². The molecule has 0 radical (unpaired) electrons. The summed E-state index contributed by atoms with van der Waals surface area (Å²) in [4.78, 5) is 14.5. The molecular weight excluding hydrogens is 282 g/mol. The summed E-state index contributed by atoms with van der Waals surface area (Å²) in [6.45, 7) is 5.38. The second kappa shape index (κ2) is 7.13. The van der Waals surface area contributed by atoms with E-state index in [0.29, 0.717) is 24.3 Å². The molecule has 1 aromatic carbocycles. The van der Waals surface area contributed by atoms with Crippen molar-refractivity contribution in [3.8, 4) is 0 Å². The second-order valence-corrected chi connectivity index (χ2v) is 5.99. The van der Waals surface area contributed by atoms with E-state index in [1.807, 2.05) is 6.92 Å². The Bertz CT molecular complexity index is 622. The Morgan fingerprint density at radius 3 is 2.62 bits per heavy atom. The number of carbonyl (C=O) groups is 1. The molecule has 2 rings (SSSR count). The monoisotopic (exact) mass is 303 g/mol. The molecule has 0 atom stereocenters. The first kappa shape index (κ1) is 15.4. The van der Waals surface area contributed by atoms with Gasteiger partial charge in [0.05, 0.1) is 11.4 Å². The van der Waals surface area contributed by atoms with E-state index in [1.54, 1.807) is 29.5 Å². The first-order valence-electron chi connectivity index (χ1n) is 7.13. The fraction of sp³-hybridized carbons (Fsp3) is 0.312. The topological polar surface area (TPSA) is 67.2 Å². The van der Waals surface area contributed by atoms with Gasteiger partial charge in [0.15, 0.2) is 0 Å². The predicted molar refractivity (Wildman–Crippen MR) is 89.9 cm³/mol. The fourth-order valence-electron chi connectivity index (χ4n) is 2.00. The SMILES string of the molecule is CCNC(=O)c1ccc(N)c(NCc2ccc(CC)s2)c1. The van der Waals surface area contributed by atoms with Crippen LogP contribution in [0, 0.1) is 0 Å². The van der Waals surface area contributed by atoms with Gasteiger partial charge in [-0.15, -0.1) is 11.3 Å². The Morgan fingerprint density at radius 1 is 1.19 bits per heavy atom. The van der Waals surface area contributed by atoms with Gasteiger partial charge in [-0.1, -0.05) is 6.92 Å². The van der Waals surface area contributed by atoms with Gasteiger partial charge in [-0.3, -0.25) is 4.79 Å². The second-order valence-electron chi connectivity index (χ2n) is 4.74. The standard InChI is InChI=1S/C16H21N3OS/c1-3-12-6-7-13(21-12)10-19-15-9-11(5-8-14(15)17)16(20)18-4-2/h5-9,19H,3-4,10,17H2,1-2H3,(H,18,20). The van der Waals surface area contributed by atoms with Gasteiger partial charge in [0.1, 0.15) is 0 Å². The van der Waals surface area contributed by atoms with Gasteiger partial charge in [-0.25, -0.2) is 0 Å². The van der Waals surface area contributed by atoms with Crippen molar-refractivity contribution >= 4 is 28.6 Å². The number of carbonyl (C=O) groups excluding carboxylic acids is 1. The van der Waals surface area contributed by atoms with Crippen LogP contribution in [-0.2, 0) is 13.0 Å². The summed E-state index contributed by atoms with van der Waals surface area (Å²) >= 11 is 1.79. The van der Waals surface area contributed by atoms with E-state index in [1.165, 1.54) is 9.75 Å². The molecule has 0 spiro atoms. The number of nitrogens with two attached hydrogens (primary N) is 1. The van der Waals surface area contributed by atoms with Gasteiger partial charge >= 0.3 is 0 Å². The maximum Gasteiger partial charge on any atom is 0.251 e. The number of hydrogen-bond donors (Lipinski definition) is 3. The third-order valence-corrected chi connectivity index (χ3v) is 4.40. The summed E-state index contributed by atoms with van der Waals surface area (Å²) in [6.07, 6.45) is 1.06. The van der Waals surface area contributed by atoms with Crippen molar-refractivity contribution in [2.24, 2.45) is 0 Å². The van der Waals surface area contributed by atoms with Gasteiger partial charge < -0.3 is 16.4 Å². The molecule has 1 aromatic heterocycles. The predicted octanol–water partition coefficient (Wildman–Crippen LogP) is 3.25. The summed E-state index contributed by atoms with van der Waals surface area (Å²) < 4.78 is 0. The van der Waals surface area contributed by atoms with Crippen LogP contribution in [-0.4, -0.2) is 12.5 Å². The van der Waals surface area contributed by atoms with Gasteiger partial charge in [0, 0.05) is 28.4 Å². The maximum atomic E-state index is 11.8. The summed E-state index contributed by atoms with van der Waals surface area (Å²) in [5.74, 6) is -0.0788. The highest BCUT2D eigenvalue weighted by atomic mass is 32.1. The summed E-state index contributed by atoms with van der Waals surface area (Å²) in [5, 5.41) is 6.10. The molecule has 0 fully saturated rings. The van der Waals surface area contributed by atoms with Crippen molar-refractivity contribution < 1.29 is 4.79 Å². The Balaban J connectivity index is 2.08. The number of thiophene rings is 1. The molecular formula is C16H21N3OS. The Morgan fingerprint density at radius 2 is 1.95 bits per heavy atom. The number of hydrogen-bond acceptors (Lipinski definition) is 4. The summed E-state index contributed by atoms with van der Waals surface area (Å²) in [7, 11) is 0. The maximum absolute atomic E-state index is 11.8. The van der Waals surface area contributed by atoms with E-state index in [2.05, 4.69) is 29.7 Å². The molecule has 0 saturated carbocycles. The van der Waals surface area contributed by atoms with E-state index in [4.69, 9.17) is 5.73 Å². The van der Waals surface area contributed by atoms with Crippen molar-refractivity contribution in [3.05, 3.63) is 45.6 Å². The molecule has 0 saturated heterocycles. The molecule has 0 bridgehead atoms. The van der Waals surface area contributed by atoms with Crippen LogP contribution in [0.2, 0.25) is 0 Å². The summed E-state index contributed by atoms with van der Waals surface area (Å²) in [5.41, 5.74) is 8.03. The van der Waals surface area contributed by atoms with Crippen LogP contribution >= 0.6 is 11.3 Å². The summed E-state index contributed by atoms with van der Waals surface area (Å²) in [6, 6.07) is 9.58. The Labute approximate surface area is 129 Å². The number of aryl methyl sites for hydroxylation is 1. The molecule has 1 heterocycles. The highest BCUT2D eigenvalue weighted by Gasteiger charge is 2.08. The van der Waals surface area contributed by atoms with Crippen molar-refractivity contribution in [1.82, 2.24) is 5.32 Å². The zero-order chi connectivity index (χ0) is 15.2. The number of anilines is 2. The zero-order valence-corrected chi connectivity index (χ0v) is 13.2. The molecule has 0 aliphatic rings. The highest BCUT2D eigenvalue weighted by molar-refractivity contribution is 7.12. The number of nitrogens with one attached hydrogen (secondary N) is 2. The minimum Gasteiger partial charge on any atom is -0.397 e. The lowest BCUT2D eigenvalue weighted by Crippen LogP contribution is -2.22. The Hall–Kier alpha value is -2.01. The van der Waals surface area contributed by atoms with Gasteiger partial charge in [-0.2, -0.15) is 0 Å². The number of nitrogen functional groups attached to an aromatic ring is 1. The van der Waals surface area contributed by atoms with Gasteiger partial charge in [0.2, 0.25) is 0 Å². The van der Waals surface area contributed by atoms with Crippen LogP contribution in [0.1, 0.15) is 34.0 Å². The van der Waals surface area contributed by atoms with Gasteiger partial charge in [0.25, 0.3) is 5.91 Å². The highest BCUT2D eigenvalue weighted by Crippen LogP contribution is 2.23. The number of rotatable bonds is 6. The normalized spacial score (nSPS) is 10.4. The lowest BCUT2D eigenvalue weighted by atomic mass is 10.1. The third-order valence-electron chi connectivity index (χ3n) is 3.17. The molecule has 21 heavy (non-hydrogen) atoms. The van der Waals surface area contributed by atoms with E-state index in [9.17, 15) is 4.79 Å². The van der Waals surface area contributed by atoms with E-state index in [0.717, 1.165) is 12.1 Å². The molecule has 0 aliphatic carbocycles. The molecule has 4 N–H and O–H groups in total. The molecule has 1 amide bonds. The van der Waals surface area contributed by atoms with Crippen LogP contribution < -0.4 is 16.4 Å². The average Bonchev–Trinajstić information content (AvgIpc) is 2.94. The largest absolute Gasteiger partial charge is 0.397 e. The van der Waals surface area contributed by atoms with Crippen molar-refractivity contribution in [2.75, 3.05) is 17.6 Å². The smallest absolute Gasteiger partial charge is 0.251 e. The molecule has 2 aromatic rings. The molecule has 4 nitrogen and oxygen atoms in total. The minimum atomic E-state index is -0.0788.